The highest BCUT2D eigenvalue weighted by atomic mass is 16.5. The van der Waals surface area contributed by atoms with Crippen molar-refractivity contribution in [2.45, 2.75) is 13.8 Å². The summed E-state index contributed by atoms with van der Waals surface area (Å²) in [6.07, 6.45) is 0. The third-order valence-electron chi connectivity index (χ3n) is 2.60. The molecule has 84 valence electrons. The number of benzene rings is 1. The van der Waals surface area contributed by atoms with E-state index in [1.165, 1.54) is 0 Å². The van der Waals surface area contributed by atoms with Crippen molar-refractivity contribution in [1.29, 1.82) is 0 Å². The average Bonchev–Trinajstić information content (AvgIpc) is 2.29. The van der Waals surface area contributed by atoms with Crippen molar-refractivity contribution < 1.29 is 9.47 Å². The van der Waals surface area contributed by atoms with Gasteiger partial charge in [-0.15, -0.1) is 0 Å². The van der Waals surface area contributed by atoms with E-state index in [1.807, 2.05) is 26.0 Å². The van der Waals surface area contributed by atoms with Crippen LogP contribution < -0.4 is 9.47 Å². The molecule has 0 aliphatic carbocycles. The van der Waals surface area contributed by atoms with Crippen molar-refractivity contribution in [3.63, 3.8) is 0 Å². The van der Waals surface area contributed by atoms with Gasteiger partial charge in [0.2, 0.25) is 0 Å². The molecule has 0 spiro atoms. The van der Waals surface area contributed by atoms with Crippen LogP contribution in [-0.4, -0.2) is 24.2 Å². The van der Waals surface area contributed by atoms with E-state index in [9.17, 15) is 0 Å². The summed E-state index contributed by atoms with van der Waals surface area (Å²) in [5.74, 6) is 1.43. The number of fused-ring (bicyclic) bond motifs is 1. The zero-order valence-corrected chi connectivity index (χ0v) is 9.87. The maximum Gasteiger partial charge on any atom is 0.146 e. The normalized spacial score (nSPS) is 10.5. The first-order chi connectivity index (χ1) is 7.67. The van der Waals surface area contributed by atoms with E-state index < -0.39 is 0 Å². The van der Waals surface area contributed by atoms with E-state index in [-0.39, 0.29) is 0 Å². The lowest BCUT2D eigenvalue weighted by Gasteiger charge is -2.09. The lowest BCUT2D eigenvalue weighted by Crippen LogP contribution is -1.98. The molecule has 0 fully saturated rings. The Balaban J connectivity index is 2.85. The van der Waals surface area contributed by atoms with Gasteiger partial charge in [0.15, 0.2) is 0 Å². The van der Waals surface area contributed by atoms with Gasteiger partial charge in [-0.2, -0.15) is 0 Å². The van der Waals surface area contributed by atoms with Crippen molar-refractivity contribution in [3.05, 3.63) is 23.5 Å². The molecule has 0 bridgehead atoms. The lowest BCUT2D eigenvalue weighted by molar-refractivity contribution is 0.409. The molecule has 0 saturated heterocycles. The molecule has 1 aromatic carbocycles. The predicted molar refractivity (Wildman–Crippen MR) is 62.1 cm³/mol. The third kappa shape index (κ3) is 1.56. The Kier molecular flexibility index (Phi) is 2.64. The van der Waals surface area contributed by atoms with Gasteiger partial charge in [-0.1, -0.05) is 0 Å². The van der Waals surface area contributed by atoms with E-state index in [4.69, 9.17) is 9.47 Å². The van der Waals surface area contributed by atoms with E-state index in [0.29, 0.717) is 11.5 Å². The highest BCUT2D eigenvalue weighted by Gasteiger charge is 2.11. The second-order valence-corrected chi connectivity index (χ2v) is 3.56. The van der Waals surface area contributed by atoms with Crippen molar-refractivity contribution >= 4 is 11.0 Å². The molecule has 0 amide bonds. The minimum atomic E-state index is 0.714. The first-order valence-corrected chi connectivity index (χ1v) is 5.03. The molecule has 0 N–H and O–H groups in total. The van der Waals surface area contributed by atoms with Crippen LogP contribution in [0.2, 0.25) is 0 Å². The molecule has 2 rings (SSSR count). The van der Waals surface area contributed by atoms with Crippen LogP contribution in [0.15, 0.2) is 12.1 Å². The summed E-state index contributed by atoms with van der Waals surface area (Å²) < 4.78 is 10.5. The fourth-order valence-electron chi connectivity index (χ4n) is 1.59. The van der Waals surface area contributed by atoms with Crippen molar-refractivity contribution in [3.8, 4) is 11.5 Å². The lowest BCUT2D eigenvalue weighted by atomic mass is 10.2. The van der Waals surface area contributed by atoms with Gasteiger partial charge in [0.1, 0.15) is 22.5 Å². The van der Waals surface area contributed by atoms with Crippen molar-refractivity contribution in [1.82, 2.24) is 9.97 Å². The van der Waals surface area contributed by atoms with Gasteiger partial charge in [0.25, 0.3) is 0 Å². The Morgan fingerprint density at radius 1 is 0.812 bits per heavy atom. The van der Waals surface area contributed by atoms with Crippen LogP contribution in [-0.2, 0) is 0 Å². The van der Waals surface area contributed by atoms with Gasteiger partial charge >= 0.3 is 0 Å². The monoisotopic (exact) mass is 218 g/mol. The number of methoxy groups -OCH3 is 2. The molecule has 4 heteroatoms. The largest absolute Gasteiger partial charge is 0.494 e. The summed E-state index contributed by atoms with van der Waals surface area (Å²) in [5, 5.41) is 0. The van der Waals surface area contributed by atoms with Crippen LogP contribution in [0.5, 0.6) is 11.5 Å². The highest BCUT2D eigenvalue weighted by Crippen LogP contribution is 2.30. The number of hydrogen-bond acceptors (Lipinski definition) is 4. The molecule has 1 heterocycles. The molecule has 0 radical (unpaired) electrons. The molecule has 0 unspecified atom stereocenters. The minimum absolute atomic E-state index is 0.714. The van der Waals surface area contributed by atoms with E-state index >= 15 is 0 Å². The summed E-state index contributed by atoms with van der Waals surface area (Å²) >= 11 is 0. The standard InChI is InChI=1S/C12H14N2O2/c1-7-8(2)14-12-10(16-4)6-5-9(15-3)11(12)13-7/h5-6H,1-4H3. The number of rotatable bonds is 2. The second-order valence-electron chi connectivity index (χ2n) is 3.56. The van der Waals surface area contributed by atoms with Gasteiger partial charge in [-0.3, -0.25) is 0 Å². The van der Waals surface area contributed by atoms with Gasteiger partial charge in [-0.25, -0.2) is 9.97 Å². The van der Waals surface area contributed by atoms with Gasteiger partial charge < -0.3 is 9.47 Å². The van der Waals surface area contributed by atoms with Crippen LogP contribution in [0, 0.1) is 13.8 Å². The molecule has 0 aliphatic heterocycles. The van der Waals surface area contributed by atoms with Crippen LogP contribution >= 0.6 is 0 Å². The highest BCUT2D eigenvalue weighted by molar-refractivity contribution is 5.86. The molecule has 16 heavy (non-hydrogen) atoms. The molecular weight excluding hydrogens is 204 g/mol. The zero-order chi connectivity index (χ0) is 11.7. The second kappa shape index (κ2) is 3.96. The Morgan fingerprint density at radius 3 is 1.50 bits per heavy atom. The summed E-state index contributed by atoms with van der Waals surface area (Å²) in [5.41, 5.74) is 3.29. The molecule has 0 aliphatic rings. The molecule has 0 saturated carbocycles. The van der Waals surface area contributed by atoms with E-state index in [1.54, 1.807) is 14.2 Å². The van der Waals surface area contributed by atoms with E-state index in [2.05, 4.69) is 9.97 Å². The predicted octanol–water partition coefficient (Wildman–Crippen LogP) is 2.26. The fraction of sp³-hybridized carbons (Fsp3) is 0.333. The molecular formula is C12H14N2O2. The molecule has 2 aromatic rings. The molecule has 0 atom stereocenters. The Hall–Kier alpha value is -1.84. The first kappa shape index (κ1) is 10.7. The number of ether oxygens (including phenoxy) is 2. The van der Waals surface area contributed by atoms with Crippen molar-refractivity contribution in [2.24, 2.45) is 0 Å². The Bertz CT molecular complexity index is 490. The number of hydrogen-bond donors (Lipinski definition) is 0. The zero-order valence-electron chi connectivity index (χ0n) is 9.87. The summed E-state index contributed by atoms with van der Waals surface area (Å²) in [6, 6.07) is 3.68. The Morgan fingerprint density at radius 2 is 1.19 bits per heavy atom. The maximum atomic E-state index is 5.26. The summed E-state index contributed by atoms with van der Waals surface area (Å²) in [7, 11) is 3.25. The van der Waals surface area contributed by atoms with Crippen LogP contribution in [0.4, 0.5) is 0 Å². The maximum absolute atomic E-state index is 5.26. The van der Waals surface area contributed by atoms with Crippen LogP contribution in [0.1, 0.15) is 11.4 Å². The topological polar surface area (TPSA) is 44.2 Å². The third-order valence-corrected chi connectivity index (χ3v) is 2.60. The van der Waals surface area contributed by atoms with Gasteiger partial charge in [-0.05, 0) is 26.0 Å². The van der Waals surface area contributed by atoms with Crippen LogP contribution in [0.3, 0.4) is 0 Å². The first-order valence-electron chi connectivity index (χ1n) is 5.03. The quantitative estimate of drug-likeness (QED) is 0.775. The van der Waals surface area contributed by atoms with Crippen molar-refractivity contribution in [2.75, 3.05) is 14.2 Å². The van der Waals surface area contributed by atoms with Crippen LogP contribution in [0.25, 0.3) is 11.0 Å². The number of aryl methyl sites for hydroxylation is 2. The summed E-state index contributed by atoms with van der Waals surface area (Å²) in [6.45, 7) is 3.86. The number of nitrogens with zero attached hydrogens (tertiary/aromatic N) is 2. The smallest absolute Gasteiger partial charge is 0.146 e. The minimum Gasteiger partial charge on any atom is -0.494 e. The molecule has 4 nitrogen and oxygen atoms in total. The molecule has 1 aromatic heterocycles. The summed E-state index contributed by atoms with van der Waals surface area (Å²) in [4.78, 5) is 8.97. The number of aromatic nitrogens is 2. The SMILES string of the molecule is COc1ccc(OC)c2nc(C)c(C)nc12. The Labute approximate surface area is 94.2 Å². The average molecular weight is 218 g/mol. The fourth-order valence-corrected chi connectivity index (χ4v) is 1.59. The van der Waals surface area contributed by atoms with E-state index in [0.717, 1.165) is 22.4 Å². The van der Waals surface area contributed by atoms with Gasteiger partial charge in [0, 0.05) is 0 Å². The van der Waals surface area contributed by atoms with Gasteiger partial charge in [0.05, 0.1) is 25.6 Å².